The van der Waals surface area contributed by atoms with Crippen LogP contribution in [0.5, 0.6) is 0 Å². The van der Waals surface area contributed by atoms with Gasteiger partial charge in [0.05, 0.1) is 6.61 Å². The van der Waals surface area contributed by atoms with Crippen LogP contribution in [0.1, 0.15) is 38.3 Å². The molecule has 0 saturated carbocycles. The van der Waals surface area contributed by atoms with Crippen LogP contribution in [0.3, 0.4) is 0 Å². The molecule has 0 heterocycles. The summed E-state index contributed by atoms with van der Waals surface area (Å²) < 4.78 is 5.65. The van der Waals surface area contributed by atoms with E-state index in [1.807, 2.05) is 0 Å². The minimum Gasteiger partial charge on any atom is -0.380 e. The molecule has 0 aliphatic rings. The van der Waals surface area contributed by atoms with E-state index in [0.717, 1.165) is 39.0 Å². The molecule has 0 aliphatic heterocycles. The predicted octanol–water partition coefficient (Wildman–Crippen LogP) is 3.20. The van der Waals surface area contributed by atoms with Gasteiger partial charge in [0.1, 0.15) is 0 Å². The molecule has 1 unspecified atom stereocenters. The first-order valence-corrected chi connectivity index (χ1v) is 7.19. The zero-order chi connectivity index (χ0) is 13.2. The third-order valence-corrected chi connectivity index (χ3v) is 3.07. The average Bonchev–Trinajstić information content (AvgIpc) is 2.40. The number of likely N-dealkylation sites (N-methyl/N-ethyl adjacent to an activating group) is 1. The second kappa shape index (κ2) is 9.12. The summed E-state index contributed by atoms with van der Waals surface area (Å²) in [6.45, 7) is 9.13. The Labute approximate surface area is 112 Å². The first-order valence-electron chi connectivity index (χ1n) is 7.19. The van der Waals surface area contributed by atoms with Gasteiger partial charge in [-0.3, -0.25) is 0 Å². The van der Waals surface area contributed by atoms with Gasteiger partial charge in [-0.15, -0.1) is 0 Å². The molecule has 0 amide bonds. The Morgan fingerprint density at radius 2 is 1.72 bits per heavy atom. The number of aryl methyl sites for hydroxylation is 1. The molecule has 2 nitrogen and oxygen atoms in total. The number of rotatable bonds is 9. The summed E-state index contributed by atoms with van der Waals surface area (Å²) in [6.07, 6.45) is 3.24. The van der Waals surface area contributed by atoms with E-state index in [1.165, 1.54) is 11.1 Å². The SMILES string of the molecule is CCCOCC(Cc1ccc(CC)cc1)NCC. The first kappa shape index (κ1) is 15.2. The van der Waals surface area contributed by atoms with Gasteiger partial charge in [0.25, 0.3) is 0 Å². The molecule has 0 aliphatic carbocycles. The summed E-state index contributed by atoms with van der Waals surface area (Å²) in [6, 6.07) is 9.36. The molecule has 0 fully saturated rings. The van der Waals surface area contributed by atoms with Crippen LogP contribution < -0.4 is 5.32 Å². The molecular weight excluding hydrogens is 222 g/mol. The van der Waals surface area contributed by atoms with E-state index < -0.39 is 0 Å². The fourth-order valence-corrected chi connectivity index (χ4v) is 2.04. The smallest absolute Gasteiger partial charge is 0.0622 e. The second-order valence-corrected chi connectivity index (χ2v) is 4.70. The molecule has 0 aromatic heterocycles. The molecule has 0 saturated heterocycles. The fraction of sp³-hybridized carbons (Fsp3) is 0.625. The third kappa shape index (κ3) is 5.65. The summed E-state index contributed by atoms with van der Waals surface area (Å²) in [5.41, 5.74) is 2.79. The van der Waals surface area contributed by atoms with Crippen molar-refractivity contribution in [2.24, 2.45) is 0 Å². The monoisotopic (exact) mass is 249 g/mol. The average molecular weight is 249 g/mol. The molecule has 18 heavy (non-hydrogen) atoms. The molecule has 0 radical (unpaired) electrons. The molecule has 102 valence electrons. The van der Waals surface area contributed by atoms with Crippen molar-refractivity contribution in [3.8, 4) is 0 Å². The lowest BCUT2D eigenvalue weighted by Crippen LogP contribution is -2.35. The normalized spacial score (nSPS) is 12.6. The van der Waals surface area contributed by atoms with E-state index >= 15 is 0 Å². The summed E-state index contributed by atoms with van der Waals surface area (Å²) in [5.74, 6) is 0. The van der Waals surface area contributed by atoms with Gasteiger partial charge in [-0.2, -0.15) is 0 Å². The Kier molecular flexibility index (Phi) is 7.70. The first-order chi connectivity index (χ1) is 8.80. The topological polar surface area (TPSA) is 21.3 Å². The second-order valence-electron chi connectivity index (χ2n) is 4.70. The van der Waals surface area contributed by atoms with Crippen molar-refractivity contribution in [2.75, 3.05) is 19.8 Å². The Balaban J connectivity index is 2.47. The van der Waals surface area contributed by atoms with Crippen LogP contribution in [0.25, 0.3) is 0 Å². The van der Waals surface area contributed by atoms with Gasteiger partial charge in [-0.25, -0.2) is 0 Å². The Morgan fingerprint density at radius 3 is 2.28 bits per heavy atom. The zero-order valence-corrected chi connectivity index (χ0v) is 12.0. The maximum absolute atomic E-state index is 5.65. The van der Waals surface area contributed by atoms with Crippen molar-refractivity contribution < 1.29 is 4.74 Å². The van der Waals surface area contributed by atoms with E-state index in [2.05, 4.69) is 50.4 Å². The highest BCUT2D eigenvalue weighted by Crippen LogP contribution is 2.08. The van der Waals surface area contributed by atoms with Crippen molar-refractivity contribution in [3.63, 3.8) is 0 Å². The van der Waals surface area contributed by atoms with Gasteiger partial charge in [-0.05, 0) is 36.9 Å². The maximum atomic E-state index is 5.65. The number of nitrogens with one attached hydrogen (secondary N) is 1. The minimum atomic E-state index is 0.425. The van der Waals surface area contributed by atoms with Gasteiger partial charge in [-0.1, -0.05) is 45.0 Å². The van der Waals surface area contributed by atoms with Crippen molar-refractivity contribution in [1.29, 1.82) is 0 Å². The van der Waals surface area contributed by atoms with E-state index in [0.29, 0.717) is 6.04 Å². The van der Waals surface area contributed by atoms with Crippen LogP contribution in [0.4, 0.5) is 0 Å². The van der Waals surface area contributed by atoms with Crippen LogP contribution in [-0.2, 0) is 17.6 Å². The van der Waals surface area contributed by atoms with Crippen LogP contribution >= 0.6 is 0 Å². The number of benzene rings is 1. The van der Waals surface area contributed by atoms with Gasteiger partial charge >= 0.3 is 0 Å². The minimum absolute atomic E-state index is 0.425. The highest BCUT2D eigenvalue weighted by Gasteiger charge is 2.08. The summed E-state index contributed by atoms with van der Waals surface area (Å²) >= 11 is 0. The summed E-state index contributed by atoms with van der Waals surface area (Å²) in [7, 11) is 0. The Morgan fingerprint density at radius 1 is 1.06 bits per heavy atom. The molecular formula is C16H27NO. The quantitative estimate of drug-likeness (QED) is 0.679. The van der Waals surface area contributed by atoms with Crippen LogP contribution in [0.15, 0.2) is 24.3 Å². The van der Waals surface area contributed by atoms with Crippen molar-refractivity contribution in [1.82, 2.24) is 5.32 Å². The van der Waals surface area contributed by atoms with Gasteiger partial charge in [0.15, 0.2) is 0 Å². The maximum Gasteiger partial charge on any atom is 0.0622 e. The lowest BCUT2D eigenvalue weighted by molar-refractivity contribution is 0.112. The highest BCUT2D eigenvalue weighted by atomic mass is 16.5. The predicted molar refractivity (Wildman–Crippen MR) is 78.1 cm³/mol. The molecule has 2 heteroatoms. The van der Waals surface area contributed by atoms with Crippen molar-refractivity contribution in [2.45, 2.75) is 46.1 Å². The number of hydrogen-bond donors (Lipinski definition) is 1. The lowest BCUT2D eigenvalue weighted by atomic mass is 10.0. The van der Waals surface area contributed by atoms with E-state index in [4.69, 9.17) is 4.74 Å². The molecule has 1 aromatic carbocycles. The molecule has 0 spiro atoms. The molecule has 1 rings (SSSR count). The summed E-state index contributed by atoms with van der Waals surface area (Å²) in [4.78, 5) is 0. The lowest BCUT2D eigenvalue weighted by Gasteiger charge is -2.18. The summed E-state index contributed by atoms with van der Waals surface area (Å²) in [5, 5.41) is 3.49. The molecule has 1 aromatic rings. The van der Waals surface area contributed by atoms with Gasteiger partial charge in [0, 0.05) is 12.6 Å². The van der Waals surface area contributed by atoms with Gasteiger partial charge < -0.3 is 10.1 Å². The van der Waals surface area contributed by atoms with Crippen LogP contribution in [0, 0.1) is 0 Å². The molecule has 1 N–H and O–H groups in total. The zero-order valence-electron chi connectivity index (χ0n) is 12.0. The van der Waals surface area contributed by atoms with Crippen LogP contribution in [0.2, 0.25) is 0 Å². The highest BCUT2D eigenvalue weighted by molar-refractivity contribution is 5.23. The largest absolute Gasteiger partial charge is 0.380 e. The number of ether oxygens (including phenoxy) is 1. The Bertz CT molecular complexity index is 307. The van der Waals surface area contributed by atoms with E-state index in [1.54, 1.807) is 0 Å². The molecule has 1 atom stereocenters. The van der Waals surface area contributed by atoms with Crippen molar-refractivity contribution >= 4 is 0 Å². The standard InChI is InChI=1S/C16H27NO/c1-4-11-18-13-16(17-6-3)12-15-9-7-14(5-2)8-10-15/h7-10,16-17H,4-6,11-13H2,1-3H3. The number of hydrogen-bond acceptors (Lipinski definition) is 2. The van der Waals surface area contributed by atoms with Crippen molar-refractivity contribution in [3.05, 3.63) is 35.4 Å². The molecule has 0 bridgehead atoms. The third-order valence-electron chi connectivity index (χ3n) is 3.07. The van der Waals surface area contributed by atoms with Crippen LogP contribution in [-0.4, -0.2) is 25.8 Å². The fourth-order valence-electron chi connectivity index (χ4n) is 2.04. The van der Waals surface area contributed by atoms with E-state index in [9.17, 15) is 0 Å². The van der Waals surface area contributed by atoms with Gasteiger partial charge in [0.2, 0.25) is 0 Å². The Hall–Kier alpha value is -0.860. The van der Waals surface area contributed by atoms with E-state index in [-0.39, 0.29) is 0 Å².